The first-order valence-corrected chi connectivity index (χ1v) is 8.80. The standard InChI is InChI=1S/C16H26N4O2S/c1-20(2)15(21)12-19-16(17-8-9-23-4)18-11-13-6-5-7-14(10-13)22-3/h5-7,10H,8-9,11-12H2,1-4H3,(H2,17,18,19). The van der Waals surface area contributed by atoms with Crippen LogP contribution in [-0.4, -0.2) is 63.1 Å². The molecular formula is C16H26N4O2S. The SMILES string of the molecule is COc1cccc(CN=C(NCCSC)NCC(=O)N(C)C)c1. The number of ether oxygens (including phenoxy) is 1. The van der Waals surface area contributed by atoms with Crippen LogP contribution in [0.5, 0.6) is 5.75 Å². The Morgan fingerprint density at radius 1 is 1.35 bits per heavy atom. The number of carbonyl (C=O) groups excluding carboxylic acids is 1. The van der Waals surface area contributed by atoms with E-state index in [4.69, 9.17) is 4.74 Å². The largest absolute Gasteiger partial charge is 0.497 e. The van der Waals surface area contributed by atoms with Crippen molar-refractivity contribution in [3.05, 3.63) is 29.8 Å². The number of amides is 1. The second-order valence-electron chi connectivity index (χ2n) is 5.08. The summed E-state index contributed by atoms with van der Waals surface area (Å²) in [7, 11) is 5.11. The van der Waals surface area contributed by atoms with E-state index in [1.807, 2.05) is 24.3 Å². The van der Waals surface area contributed by atoms with Crippen LogP contribution < -0.4 is 15.4 Å². The summed E-state index contributed by atoms with van der Waals surface area (Å²) in [4.78, 5) is 17.8. The van der Waals surface area contributed by atoms with Crippen molar-refractivity contribution < 1.29 is 9.53 Å². The van der Waals surface area contributed by atoms with Crippen molar-refractivity contribution >= 4 is 23.6 Å². The van der Waals surface area contributed by atoms with Gasteiger partial charge in [-0.3, -0.25) is 4.79 Å². The van der Waals surface area contributed by atoms with Gasteiger partial charge < -0.3 is 20.3 Å². The molecule has 0 aliphatic carbocycles. The lowest BCUT2D eigenvalue weighted by atomic mass is 10.2. The van der Waals surface area contributed by atoms with E-state index in [9.17, 15) is 4.79 Å². The van der Waals surface area contributed by atoms with E-state index in [2.05, 4.69) is 21.9 Å². The molecule has 0 radical (unpaired) electrons. The topological polar surface area (TPSA) is 66.0 Å². The Kier molecular flexibility index (Phi) is 8.97. The zero-order chi connectivity index (χ0) is 17.1. The lowest BCUT2D eigenvalue weighted by Gasteiger charge is -2.14. The molecule has 1 rings (SSSR count). The lowest BCUT2D eigenvalue weighted by Crippen LogP contribution is -2.43. The van der Waals surface area contributed by atoms with Crippen LogP contribution in [-0.2, 0) is 11.3 Å². The molecule has 0 bridgehead atoms. The van der Waals surface area contributed by atoms with Crippen LogP contribution in [0.2, 0.25) is 0 Å². The molecule has 0 saturated carbocycles. The molecule has 23 heavy (non-hydrogen) atoms. The van der Waals surface area contributed by atoms with Crippen LogP contribution in [0, 0.1) is 0 Å². The number of nitrogens with zero attached hydrogens (tertiary/aromatic N) is 2. The van der Waals surface area contributed by atoms with Crippen molar-refractivity contribution in [3.8, 4) is 5.75 Å². The minimum absolute atomic E-state index is 0.00532. The molecule has 0 aliphatic rings. The number of methoxy groups -OCH3 is 1. The molecule has 0 spiro atoms. The Hall–Kier alpha value is -1.89. The monoisotopic (exact) mass is 338 g/mol. The van der Waals surface area contributed by atoms with E-state index in [0.29, 0.717) is 12.5 Å². The van der Waals surface area contributed by atoms with Gasteiger partial charge in [0.05, 0.1) is 20.2 Å². The molecule has 7 heteroatoms. The van der Waals surface area contributed by atoms with Crippen LogP contribution >= 0.6 is 11.8 Å². The molecule has 1 aromatic rings. The van der Waals surface area contributed by atoms with Gasteiger partial charge in [-0.25, -0.2) is 4.99 Å². The summed E-state index contributed by atoms with van der Waals surface area (Å²) in [6.07, 6.45) is 2.05. The van der Waals surface area contributed by atoms with Gasteiger partial charge in [-0.2, -0.15) is 11.8 Å². The average Bonchev–Trinajstić information content (AvgIpc) is 2.56. The smallest absolute Gasteiger partial charge is 0.241 e. The number of benzene rings is 1. The molecule has 0 atom stereocenters. The van der Waals surface area contributed by atoms with Gasteiger partial charge in [0.2, 0.25) is 5.91 Å². The Morgan fingerprint density at radius 2 is 2.13 bits per heavy atom. The molecule has 1 amide bonds. The quantitative estimate of drug-likeness (QED) is 0.423. The number of thioether (sulfide) groups is 1. The van der Waals surface area contributed by atoms with Crippen molar-refractivity contribution in [2.45, 2.75) is 6.54 Å². The third-order valence-electron chi connectivity index (χ3n) is 3.06. The number of guanidine groups is 1. The maximum absolute atomic E-state index is 11.7. The minimum Gasteiger partial charge on any atom is -0.497 e. The fourth-order valence-electron chi connectivity index (χ4n) is 1.70. The minimum atomic E-state index is 0.00532. The van der Waals surface area contributed by atoms with Crippen molar-refractivity contribution in [2.24, 2.45) is 4.99 Å². The van der Waals surface area contributed by atoms with Crippen LogP contribution in [0.1, 0.15) is 5.56 Å². The molecule has 0 unspecified atom stereocenters. The number of hydrogen-bond acceptors (Lipinski definition) is 4. The highest BCUT2D eigenvalue weighted by molar-refractivity contribution is 7.98. The first kappa shape index (κ1) is 19.2. The molecule has 0 fully saturated rings. The van der Waals surface area contributed by atoms with Crippen molar-refractivity contribution in [2.75, 3.05) is 46.3 Å². The number of aliphatic imine (C=N–C) groups is 1. The summed E-state index contributed by atoms with van der Waals surface area (Å²) < 4.78 is 5.21. The van der Waals surface area contributed by atoms with Crippen molar-refractivity contribution in [1.29, 1.82) is 0 Å². The van der Waals surface area contributed by atoms with Crippen LogP contribution in [0.15, 0.2) is 29.3 Å². The molecule has 0 saturated heterocycles. The first-order chi connectivity index (χ1) is 11.1. The van der Waals surface area contributed by atoms with Gasteiger partial charge in [0.15, 0.2) is 5.96 Å². The summed E-state index contributed by atoms with van der Waals surface area (Å²) in [6.45, 7) is 1.53. The van der Waals surface area contributed by atoms with Crippen LogP contribution in [0.3, 0.4) is 0 Å². The van der Waals surface area contributed by atoms with Gasteiger partial charge in [0, 0.05) is 26.4 Å². The maximum atomic E-state index is 11.7. The van der Waals surface area contributed by atoms with E-state index in [0.717, 1.165) is 23.6 Å². The highest BCUT2D eigenvalue weighted by atomic mass is 32.2. The van der Waals surface area contributed by atoms with Gasteiger partial charge in [-0.1, -0.05) is 12.1 Å². The first-order valence-electron chi connectivity index (χ1n) is 7.41. The van der Waals surface area contributed by atoms with Gasteiger partial charge in [-0.15, -0.1) is 0 Å². The number of rotatable bonds is 8. The van der Waals surface area contributed by atoms with Crippen molar-refractivity contribution in [3.63, 3.8) is 0 Å². The van der Waals surface area contributed by atoms with Crippen LogP contribution in [0.25, 0.3) is 0 Å². The highest BCUT2D eigenvalue weighted by Gasteiger charge is 2.05. The highest BCUT2D eigenvalue weighted by Crippen LogP contribution is 2.13. The predicted molar refractivity (Wildman–Crippen MR) is 97.2 cm³/mol. The maximum Gasteiger partial charge on any atom is 0.241 e. The zero-order valence-electron chi connectivity index (χ0n) is 14.3. The Labute approximate surface area is 142 Å². The molecule has 0 aromatic heterocycles. The third kappa shape index (κ3) is 7.78. The summed E-state index contributed by atoms with van der Waals surface area (Å²) in [5.74, 6) is 2.43. The molecule has 1 aromatic carbocycles. The van der Waals surface area contributed by atoms with Crippen LogP contribution in [0.4, 0.5) is 0 Å². The van der Waals surface area contributed by atoms with Gasteiger partial charge >= 0.3 is 0 Å². The van der Waals surface area contributed by atoms with Gasteiger partial charge in [0.25, 0.3) is 0 Å². The van der Waals surface area contributed by atoms with E-state index >= 15 is 0 Å². The van der Waals surface area contributed by atoms with E-state index in [1.54, 1.807) is 37.9 Å². The fraction of sp³-hybridized carbons (Fsp3) is 0.500. The summed E-state index contributed by atoms with van der Waals surface area (Å²) in [6, 6.07) is 7.79. The van der Waals surface area contributed by atoms with E-state index in [-0.39, 0.29) is 12.5 Å². The Bertz CT molecular complexity index is 521. The van der Waals surface area contributed by atoms with Crippen molar-refractivity contribution in [1.82, 2.24) is 15.5 Å². The molecule has 6 nitrogen and oxygen atoms in total. The van der Waals surface area contributed by atoms with E-state index in [1.165, 1.54) is 0 Å². The van der Waals surface area contributed by atoms with Gasteiger partial charge in [-0.05, 0) is 24.0 Å². The zero-order valence-corrected chi connectivity index (χ0v) is 15.1. The summed E-state index contributed by atoms with van der Waals surface area (Å²) in [5, 5.41) is 6.30. The number of nitrogens with one attached hydrogen (secondary N) is 2. The van der Waals surface area contributed by atoms with E-state index < -0.39 is 0 Å². The Balaban J connectivity index is 2.66. The number of carbonyl (C=O) groups is 1. The molecule has 0 heterocycles. The average molecular weight is 338 g/mol. The second kappa shape index (κ2) is 10.8. The third-order valence-corrected chi connectivity index (χ3v) is 3.67. The molecular weight excluding hydrogens is 312 g/mol. The fourth-order valence-corrected chi connectivity index (χ4v) is 2.01. The summed E-state index contributed by atoms with van der Waals surface area (Å²) >= 11 is 1.76. The number of hydrogen-bond donors (Lipinski definition) is 2. The lowest BCUT2D eigenvalue weighted by molar-refractivity contribution is -0.127. The number of likely N-dealkylation sites (N-methyl/N-ethyl adjacent to an activating group) is 1. The molecule has 2 N–H and O–H groups in total. The van der Waals surface area contributed by atoms with Gasteiger partial charge in [0.1, 0.15) is 5.75 Å². The molecule has 128 valence electrons. The Morgan fingerprint density at radius 3 is 2.78 bits per heavy atom. The molecule has 0 aliphatic heterocycles. The predicted octanol–water partition coefficient (Wildman–Crippen LogP) is 1.18. The summed E-state index contributed by atoms with van der Waals surface area (Å²) in [5.41, 5.74) is 1.05. The second-order valence-corrected chi connectivity index (χ2v) is 6.06. The normalized spacial score (nSPS) is 11.0.